The van der Waals surface area contributed by atoms with E-state index in [0.29, 0.717) is 58.4 Å². The standard InChI is InChI=1S/C28H30O12/c1-18(32)38-12-25-10-24(11-26(13-39-19(2)33)28(25)40-20(3)34)23-8-21(4-6-35-15-29)27(14-37-17-31)22(9-23)5-7-36-16-30/h8-11,15-17H,4-7,12-14H2,1-3H3. The molecule has 0 aliphatic carbocycles. The molecule has 0 heterocycles. The Bertz CT molecular complexity index is 1160. The zero-order chi connectivity index (χ0) is 29.5. The van der Waals surface area contributed by atoms with Crippen LogP contribution in [0.25, 0.3) is 11.1 Å². The van der Waals surface area contributed by atoms with E-state index in [-0.39, 0.29) is 51.6 Å². The van der Waals surface area contributed by atoms with Crippen LogP contribution in [-0.2, 0) is 85.1 Å². The third-order valence-corrected chi connectivity index (χ3v) is 5.53. The van der Waals surface area contributed by atoms with E-state index in [2.05, 4.69) is 0 Å². The van der Waals surface area contributed by atoms with Gasteiger partial charge in [-0.05, 0) is 39.9 Å². The molecule has 214 valence electrons. The van der Waals surface area contributed by atoms with Crippen LogP contribution < -0.4 is 4.74 Å². The van der Waals surface area contributed by atoms with Crippen LogP contribution in [0.2, 0.25) is 0 Å². The molecule has 0 radical (unpaired) electrons. The van der Waals surface area contributed by atoms with Gasteiger partial charge in [-0.15, -0.1) is 0 Å². The fraction of sp³-hybridized carbons (Fsp3) is 0.357. The minimum absolute atomic E-state index is 0.0477. The summed E-state index contributed by atoms with van der Waals surface area (Å²) >= 11 is 0. The van der Waals surface area contributed by atoms with Gasteiger partial charge in [0.15, 0.2) is 0 Å². The number of carbonyl (C=O) groups is 6. The predicted molar refractivity (Wildman–Crippen MR) is 136 cm³/mol. The lowest BCUT2D eigenvalue weighted by atomic mass is 9.90. The number of ether oxygens (including phenoxy) is 6. The molecular weight excluding hydrogens is 528 g/mol. The van der Waals surface area contributed by atoms with Gasteiger partial charge in [0.1, 0.15) is 25.6 Å². The minimum Gasteiger partial charge on any atom is -0.468 e. The molecule has 2 aromatic rings. The summed E-state index contributed by atoms with van der Waals surface area (Å²) in [5.74, 6) is -1.66. The van der Waals surface area contributed by atoms with Gasteiger partial charge in [0.25, 0.3) is 19.4 Å². The maximum absolute atomic E-state index is 11.9. The number of carbonyl (C=O) groups excluding carboxylic acids is 6. The van der Waals surface area contributed by atoms with Crippen LogP contribution in [0, 0.1) is 0 Å². The number of esters is 3. The van der Waals surface area contributed by atoms with Gasteiger partial charge in [-0.2, -0.15) is 0 Å². The Morgan fingerprint density at radius 3 is 1.40 bits per heavy atom. The summed E-state index contributed by atoms with van der Waals surface area (Å²) in [5.41, 5.74) is 3.93. The first-order chi connectivity index (χ1) is 19.2. The Morgan fingerprint density at radius 1 is 0.600 bits per heavy atom. The number of hydrogen-bond donors (Lipinski definition) is 0. The summed E-state index contributed by atoms with van der Waals surface area (Å²) < 4.78 is 30.5. The SMILES string of the molecule is CC(=O)OCc1cc(-c2cc(CCOC=O)c(COC=O)c(CCOC=O)c2)cc(COC(C)=O)c1OC(C)=O. The molecule has 0 amide bonds. The van der Waals surface area contributed by atoms with E-state index in [1.807, 2.05) is 0 Å². The van der Waals surface area contributed by atoms with Crippen molar-refractivity contribution in [3.05, 3.63) is 52.1 Å². The van der Waals surface area contributed by atoms with Crippen molar-refractivity contribution in [3.63, 3.8) is 0 Å². The Morgan fingerprint density at radius 2 is 1.02 bits per heavy atom. The maximum Gasteiger partial charge on any atom is 0.308 e. The average molecular weight is 559 g/mol. The van der Waals surface area contributed by atoms with Crippen LogP contribution in [0.5, 0.6) is 5.75 Å². The van der Waals surface area contributed by atoms with Crippen LogP contribution in [0.3, 0.4) is 0 Å². The Balaban J connectivity index is 2.77. The van der Waals surface area contributed by atoms with Crippen LogP contribution in [0.4, 0.5) is 0 Å². The minimum atomic E-state index is -0.629. The number of benzene rings is 2. The molecule has 0 saturated heterocycles. The van der Waals surface area contributed by atoms with Gasteiger partial charge in [0, 0.05) is 44.7 Å². The van der Waals surface area contributed by atoms with Crippen molar-refractivity contribution in [2.75, 3.05) is 13.2 Å². The van der Waals surface area contributed by atoms with E-state index < -0.39 is 17.9 Å². The molecule has 0 spiro atoms. The van der Waals surface area contributed by atoms with Crippen LogP contribution in [0.1, 0.15) is 48.6 Å². The van der Waals surface area contributed by atoms with Crippen molar-refractivity contribution in [1.29, 1.82) is 0 Å². The summed E-state index contributed by atoms with van der Waals surface area (Å²) in [5, 5.41) is 0. The van der Waals surface area contributed by atoms with Crippen molar-refractivity contribution in [1.82, 2.24) is 0 Å². The third kappa shape index (κ3) is 9.86. The highest BCUT2D eigenvalue weighted by Gasteiger charge is 2.20. The largest absolute Gasteiger partial charge is 0.468 e. The molecule has 0 N–H and O–H groups in total. The quantitative estimate of drug-likeness (QED) is 0.0920. The van der Waals surface area contributed by atoms with E-state index >= 15 is 0 Å². The van der Waals surface area contributed by atoms with Gasteiger partial charge < -0.3 is 28.4 Å². The van der Waals surface area contributed by atoms with Gasteiger partial charge >= 0.3 is 17.9 Å². The first-order valence-corrected chi connectivity index (χ1v) is 12.1. The lowest BCUT2D eigenvalue weighted by molar-refractivity contribution is -0.142. The molecule has 12 nitrogen and oxygen atoms in total. The van der Waals surface area contributed by atoms with E-state index in [4.69, 9.17) is 28.4 Å². The van der Waals surface area contributed by atoms with Crippen molar-refractivity contribution in [3.8, 4) is 16.9 Å². The Labute approximate surface area is 230 Å². The first kappa shape index (κ1) is 31.5. The summed E-state index contributed by atoms with van der Waals surface area (Å²) in [6.45, 7) is 4.18. The van der Waals surface area contributed by atoms with E-state index in [0.717, 1.165) is 0 Å². The second kappa shape index (κ2) is 16.3. The van der Waals surface area contributed by atoms with Crippen molar-refractivity contribution < 1.29 is 57.2 Å². The van der Waals surface area contributed by atoms with Crippen LogP contribution in [0.15, 0.2) is 24.3 Å². The summed E-state index contributed by atoms with van der Waals surface area (Å²) in [7, 11) is 0. The molecule has 0 aliphatic rings. The van der Waals surface area contributed by atoms with Crippen LogP contribution in [-0.4, -0.2) is 50.5 Å². The second-order valence-electron chi connectivity index (χ2n) is 8.39. The normalized spacial score (nSPS) is 10.2. The molecule has 0 bridgehead atoms. The molecule has 40 heavy (non-hydrogen) atoms. The fourth-order valence-corrected chi connectivity index (χ4v) is 3.92. The molecule has 0 fully saturated rings. The molecule has 0 unspecified atom stereocenters. The topological polar surface area (TPSA) is 158 Å². The predicted octanol–water partition coefficient (Wildman–Crippen LogP) is 2.51. The van der Waals surface area contributed by atoms with Crippen molar-refractivity contribution >= 4 is 37.3 Å². The molecule has 0 aliphatic heterocycles. The highest BCUT2D eigenvalue weighted by molar-refractivity contribution is 5.75. The monoisotopic (exact) mass is 558 g/mol. The molecule has 2 aromatic carbocycles. The molecule has 0 aromatic heterocycles. The summed E-state index contributed by atoms with van der Waals surface area (Å²) in [6, 6.07) is 6.92. The van der Waals surface area contributed by atoms with Gasteiger partial charge in [-0.3, -0.25) is 28.8 Å². The average Bonchev–Trinajstić information content (AvgIpc) is 2.90. The number of rotatable bonds is 17. The molecule has 0 atom stereocenters. The highest BCUT2D eigenvalue weighted by atomic mass is 16.6. The van der Waals surface area contributed by atoms with Gasteiger partial charge in [0.05, 0.1) is 13.2 Å². The lowest BCUT2D eigenvalue weighted by Gasteiger charge is -2.19. The van der Waals surface area contributed by atoms with Gasteiger partial charge in [-0.25, -0.2) is 0 Å². The van der Waals surface area contributed by atoms with Crippen molar-refractivity contribution in [2.24, 2.45) is 0 Å². The Kier molecular flexibility index (Phi) is 12.8. The van der Waals surface area contributed by atoms with Crippen molar-refractivity contribution in [2.45, 2.75) is 53.4 Å². The van der Waals surface area contributed by atoms with E-state index in [9.17, 15) is 28.8 Å². The lowest BCUT2D eigenvalue weighted by Crippen LogP contribution is -2.11. The molecular formula is C28H30O12. The fourth-order valence-electron chi connectivity index (χ4n) is 3.92. The molecule has 12 heteroatoms. The number of hydrogen-bond acceptors (Lipinski definition) is 12. The molecule has 0 saturated carbocycles. The smallest absolute Gasteiger partial charge is 0.308 e. The van der Waals surface area contributed by atoms with E-state index in [1.165, 1.54) is 20.8 Å². The van der Waals surface area contributed by atoms with Gasteiger partial charge in [0.2, 0.25) is 0 Å². The van der Waals surface area contributed by atoms with Crippen LogP contribution >= 0.6 is 0 Å². The highest BCUT2D eigenvalue weighted by Crippen LogP contribution is 2.35. The molecule has 2 rings (SSSR count). The zero-order valence-electron chi connectivity index (χ0n) is 22.4. The first-order valence-electron chi connectivity index (χ1n) is 12.1. The van der Waals surface area contributed by atoms with E-state index in [1.54, 1.807) is 24.3 Å². The summed E-state index contributed by atoms with van der Waals surface area (Å²) in [4.78, 5) is 67.4. The maximum atomic E-state index is 11.9. The third-order valence-electron chi connectivity index (χ3n) is 5.53. The zero-order valence-corrected chi connectivity index (χ0v) is 22.4. The van der Waals surface area contributed by atoms with Gasteiger partial charge in [-0.1, -0.05) is 12.1 Å². The second-order valence-corrected chi connectivity index (χ2v) is 8.39. The Hall–Kier alpha value is -4.74. The summed E-state index contributed by atoms with van der Waals surface area (Å²) in [6.07, 6.45) is 0.551.